The van der Waals surface area contributed by atoms with Crippen LogP contribution in [0.1, 0.15) is 33.6 Å². The van der Waals surface area contributed by atoms with Crippen LogP contribution >= 0.6 is 0 Å². The molecule has 4 nitrogen and oxygen atoms in total. The quantitative estimate of drug-likeness (QED) is 0.720. The molecule has 0 aliphatic carbocycles. The van der Waals surface area contributed by atoms with E-state index in [9.17, 15) is 4.79 Å². The molecule has 4 heteroatoms. The fourth-order valence-corrected chi connectivity index (χ4v) is 3.72. The minimum atomic E-state index is -0.0778. The van der Waals surface area contributed by atoms with E-state index in [0.29, 0.717) is 12.3 Å². The molecule has 0 aromatic rings. The molecule has 0 saturated carbocycles. The van der Waals surface area contributed by atoms with Crippen LogP contribution in [0.5, 0.6) is 0 Å². The lowest BCUT2D eigenvalue weighted by Crippen LogP contribution is -2.52. The molecule has 2 aliphatic heterocycles. The molecule has 1 fully saturated rings. The van der Waals surface area contributed by atoms with Gasteiger partial charge in [0.1, 0.15) is 11.9 Å². The fourth-order valence-electron chi connectivity index (χ4n) is 3.72. The minimum Gasteiger partial charge on any atom is -0.490 e. The SMILES string of the molecule is C=C/C=C(\C=C)C1CC(N2CCNCC2)C(C(=O)CC(C)C)=C(C)O1. The van der Waals surface area contributed by atoms with Crippen LogP contribution in [-0.2, 0) is 9.53 Å². The van der Waals surface area contributed by atoms with Crippen LogP contribution < -0.4 is 5.32 Å². The number of hydrogen-bond acceptors (Lipinski definition) is 4. The van der Waals surface area contributed by atoms with Crippen molar-refractivity contribution in [1.29, 1.82) is 0 Å². The molecule has 0 spiro atoms. The molecule has 0 bridgehead atoms. The molecule has 1 N–H and O–H groups in total. The standard InChI is InChI=1S/C21H32N2O2/c1-6-8-17(7-2)20-14-18(23-11-9-22-10-12-23)21(16(5)25-20)19(24)13-15(3)4/h6-8,15,18,20,22H,1-2,9-14H2,3-5H3/b17-8+. The predicted octanol–water partition coefficient (Wildman–Crippen LogP) is 3.24. The molecule has 0 radical (unpaired) electrons. The molecule has 2 rings (SSSR count). The van der Waals surface area contributed by atoms with E-state index in [1.54, 1.807) is 6.08 Å². The second-order valence-electron chi connectivity index (χ2n) is 7.24. The summed E-state index contributed by atoms with van der Waals surface area (Å²) in [5.41, 5.74) is 1.89. The van der Waals surface area contributed by atoms with Gasteiger partial charge in [-0.3, -0.25) is 9.69 Å². The van der Waals surface area contributed by atoms with Crippen LogP contribution in [0, 0.1) is 5.92 Å². The number of nitrogens with zero attached hydrogens (tertiary/aromatic N) is 1. The largest absolute Gasteiger partial charge is 0.490 e. The van der Waals surface area contributed by atoms with Crippen LogP contribution in [-0.4, -0.2) is 49.0 Å². The Morgan fingerprint density at radius 3 is 2.60 bits per heavy atom. The summed E-state index contributed by atoms with van der Waals surface area (Å²) < 4.78 is 6.16. The average Bonchev–Trinajstić information content (AvgIpc) is 2.59. The van der Waals surface area contributed by atoms with Gasteiger partial charge >= 0.3 is 0 Å². The summed E-state index contributed by atoms with van der Waals surface area (Å²) in [5.74, 6) is 1.34. The molecule has 0 aromatic heterocycles. The van der Waals surface area contributed by atoms with Gasteiger partial charge in [0.15, 0.2) is 5.78 Å². The molecule has 0 amide bonds. The smallest absolute Gasteiger partial charge is 0.164 e. The lowest BCUT2D eigenvalue weighted by molar-refractivity contribution is -0.117. The number of hydrogen-bond donors (Lipinski definition) is 1. The van der Waals surface area contributed by atoms with E-state index in [4.69, 9.17) is 4.74 Å². The van der Waals surface area contributed by atoms with Crippen molar-refractivity contribution in [3.63, 3.8) is 0 Å². The maximum absolute atomic E-state index is 12.9. The van der Waals surface area contributed by atoms with Crippen LogP contribution in [0.15, 0.2) is 48.3 Å². The normalized spacial score (nSPS) is 25.7. The molecule has 25 heavy (non-hydrogen) atoms. The summed E-state index contributed by atoms with van der Waals surface area (Å²) in [4.78, 5) is 15.3. The highest BCUT2D eigenvalue weighted by Crippen LogP contribution is 2.33. The van der Waals surface area contributed by atoms with E-state index < -0.39 is 0 Å². The number of nitrogens with one attached hydrogen (secondary N) is 1. The topological polar surface area (TPSA) is 41.6 Å². The monoisotopic (exact) mass is 344 g/mol. The third-order valence-electron chi connectivity index (χ3n) is 4.87. The summed E-state index contributed by atoms with van der Waals surface area (Å²) in [6.07, 6.45) is 6.81. The highest BCUT2D eigenvalue weighted by atomic mass is 16.5. The lowest BCUT2D eigenvalue weighted by atomic mass is 9.86. The summed E-state index contributed by atoms with van der Waals surface area (Å²) in [5, 5.41) is 3.39. The van der Waals surface area contributed by atoms with Crippen molar-refractivity contribution in [1.82, 2.24) is 10.2 Å². The van der Waals surface area contributed by atoms with Gasteiger partial charge in [-0.05, 0) is 18.4 Å². The molecule has 1 saturated heterocycles. The van der Waals surface area contributed by atoms with Gasteiger partial charge < -0.3 is 10.1 Å². The highest BCUT2D eigenvalue weighted by Gasteiger charge is 2.37. The fraction of sp³-hybridized carbons (Fsp3) is 0.571. The number of carbonyl (C=O) groups excluding carboxylic acids is 1. The second-order valence-corrected chi connectivity index (χ2v) is 7.24. The Hall–Kier alpha value is -1.65. The van der Waals surface area contributed by atoms with E-state index >= 15 is 0 Å². The third kappa shape index (κ3) is 4.93. The highest BCUT2D eigenvalue weighted by molar-refractivity contribution is 5.97. The summed E-state index contributed by atoms with van der Waals surface area (Å²) in [6.45, 7) is 17.6. The van der Waals surface area contributed by atoms with Crippen LogP contribution in [0.25, 0.3) is 0 Å². The van der Waals surface area contributed by atoms with Crippen molar-refractivity contribution in [3.05, 3.63) is 48.3 Å². The zero-order valence-electron chi connectivity index (χ0n) is 15.9. The Kier molecular flexibility index (Phi) is 7.21. The van der Waals surface area contributed by atoms with Gasteiger partial charge in [0, 0.05) is 50.6 Å². The maximum Gasteiger partial charge on any atom is 0.164 e. The molecule has 2 heterocycles. The molecule has 0 aromatic carbocycles. The molecular formula is C21H32N2O2. The van der Waals surface area contributed by atoms with Crippen LogP contribution in [0.4, 0.5) is 0 Å². The predicted molar refractivity (Wildman–Crippen MR) is 103 cm³/mol. The van der Waals surface area contributed by atoms with Gasteiger partial charge in [-0.15, -0.1) is 0 Å². The van der Waals surface area contributed by atoms with Gasteiger partial charge in [0.25, 0.3) is 0 Å². The minimum absolute atomic E-state index is 0.0778. The van der Waals surface area contributed by atoms with Gasteiger partial charge in [0.2, 0.25) is 0 Å². The van der Waals surface area contributed by atoms with E-state index in [1.807, 2.05) is 19.1 Å². The van der Waals surface area contributed by atoms with Gasteiger partial charge in [-0.2, -0.15) is 0 Å². The van der Waals surface area contributed by atoms with Gasteiger partial charge in [-0.1, -0.05) is 45.2 Å². The number of rotatable bonds is 7. The van der Waals surface area contributed by atoms with Crippen molar-refractivity contribution in [2.45, 2.75) is 45.8 Å². The van der Waals surface area contributed by atoms with Crippen molar-refractivity contribution in [3.8, 4) is 0 Å². The van der Waals surface area contributed by atoms with E-state index in [0.717, 1.165) is 49.5 Å². The average molecular weight is 344 g/mol. The lowest BCUT2D eigenvalue weighted by Gasteiger charge is -2.41. The van der Waals surface area contributed by atoms with Gasteiger partial charge in [-0.25, -0.2) is 0 Å². The van der Waals surface area contributed by atoms with E-state index in [-0.39, 0.29) is 17.9 Å². The number of piperazine rings is 1. The molecule has 2 atom stereocenters. The van der Waals surface area contributed by atoms with Crippen LogP contribution in [0.3, 0.4) is 0 Å². The molecule has 2 unspecified atom stereocenters. The van der Waals surface area contributed by atoms with Crippen molar-refractivity contribution >= 4 is 5.78 Å². The number of Topliss-reactive ketones (excluding diaryl/α,β-unsaturated/α-hetero) is 1. The Labute approximate surface area is 152 Å². The summed E-state index contributed by atoms with van der Waals surface area (Å²) >= 11 is 0. The van der Waals surface area contributed by atoms with Crippen LogP contribution in [0.2, 0.25) is 0 Å². The van der Waals surface area contributed by atoms with Crippen molar-refractivity contribution in [2.75, 3.05) is 26.2 Å². The first-order valence-corrected chi connectivity index (χ1v) is 9.28. The summed E-state index contributed by atoms with van der Waals surface area (Å²) in [6, 6.07) is 0.111. The number of ketones is 1. The Balaban J connectivity index is 2.34. The molecule has 2 aliphatic rings. The Bertz CT molecular complexity index is 568. The number of ether oxygens (including phenoxy) is 1. The second kappa shape index (κ2) is 9.16. The zero-order valence-corrected chi connectivity index (χ0v) is 15.9. The van der Waals surface area contributed by atoms with Crippen molar-refractivity contribution in [2.24, 2.45) is 5.92 Å². The Morgan fingerprint density at radius 2 is 2.04 bits per heavy atom. The Morgan fingerprint density at radius 1 is 1.36 bits per heavy atom. The first-order valence-electron chi connectivity index (χ1n) is 9.28. The van der Waals surface area contributed by atoms with E-state index in [1.165, 1.54) is 0 Å². The first kappa shape index (κ1) is 19.7. The molecular weight excluding hydrogens is 312 g/mol. The van der Waals surface area contributed by atoms with Crippen molar-refractivity contribution < 1.29 is 9.53 Å². The number of carbonyl (C=O) groups is 1. The number of allylic oxidation sites excluding steroid dienone is 3. The maximum atomic E-state index is 12.9. The molecule has 138 valence electrons. The third-order valence-corrected chi connectivity index (χ3v) is 4.87. The first-order chi connectivity index (χ1) is 12.0. The van der Waals surface area contributed by atoms with Gasteiger partial charge in [0.05, 0.1) is 0 Å². The van der Waals surface area contributed by atoms with E-state index in [2.05, 4.69) is 37.2 Å². The zero-order chi connectivity index (χ0) is 18.4. The summed E-state index contributed by atoms with van der Waals surface area (Å²) in [7, 11) is 0.